The number of dihydropyridines is 1. The second-order valence-corrected chi connectivity index (χ2v) is 7.78. The van der Waals surface area contributed by atoms with E-state index in [4.69, 9.17) is 5.11 Å². The van der Waals surface area contributed by atoms with Gasteiger partial charge in [0.2, 0.25) is 11.8 Å². The zero-order valence-corrected chi connectivity index (χ0v) is 15.9. The van der Waals surface area contributed by atoms with Gasteiger partial charge in [-0.15, -0.1) is 0 Å². The van der Waals surface area contributed by atoms with E-state index >= 15 is 0 Å². The molecule has 0 bridgehead atoms. The van der Waals surface area contributed by atoms with Crippen molar-refractivity contribution in [2.75, 3.05) is 6.54 Å². The zero-order chi connectivity index (χ0) is 21.2. The van der Waals surface area contributed by atoms with Crippen molar-refractivity contribution in [1.82, 2.24) is 10.6 Å². The van der Waals surface area contributed by atoms with Crippen LogP contribution in [0.3, 0.4) is 0 Å². The Kier molecular flexibility index (Phi) is 5.90. The van der Waals surface area contributed by atoms with Gasteiger partial charge < -0.3 is 26.0 Å². The van der Waals surface area contributed by atoms with Gasteiger partial charge in [0.05, 0.1) is 0 Å². The van der Waals surface area contributed by atoms with Crippen molar-refractivity contribution in [3.8, 4) is 0 Å². The van der Waals surface area contributed by atoms with Crippen molar-refractivity contribution >= 4 is 29.6 Å². The normalized spacial score (nSPS) is 25.8. The molecule has 0 aromatic rings. The molecule has 10 heteroatoms. The van der Waals surface area contributed by atoms with Gasteiger partial charge in [0.15, 0.2) is 5.41 Å². The Balaban J connectivity index is 2.05. The van der Waals surface area contributed by atoms with Crippen LogP contribution in [0.1, 0.15) is 51.4 Å². The van der Waals surface area contributed by atoms with Crippen molar-refractivity contribution in [3.63, 3.8) is 0 Å². The number of nitrogens with zero attached hydrogens (tertiary/aromatic N) is 1. The minimum Gasteiger partial charge on any atom is -0.510 e. The summed E-state index contributed by atoms with van der Waals surface area (Å²) in [5.74, 6) is -6.62. The quantitative estimate of drug-likeness (QED) is 0.405. The van der Waals surface area contributed by atoms with Crippen LogP contribution in [0.15, 0.2) is 16.3 Å². The van der Waals surface area contributed by atoms with E-state index in [-0.39, 0.29) is 6.04 Å². The number of rotatable bonds is 6. The van der Waals surface area contributed by atoms with Crippen molar-refractivity contribution in [3.05, 3.63) is 11.3 Å². The predicted octanol–water partition coefficient (Wildman–Crippen LogP) is 0.731. The molecule has 2 saturated carbocycles. The maximum absolute atomic E-state index is 13.3. The summed E-state index contributed by atoms with van der Waals surface area (Å²) in [5.41, 5.74) is -2.84. The first-order valence-electron chi connectivity index (χ1n) is 9.85. The second kappa shape index (κ2) is 8.22. The maximum atomic E-state index is 13.3. The van der Waals surface area contributed by atoms with Crippen LogP contribution in [0.5, 0.6) is 0 Å². The van der Waals surface area contributed by atoms with E-state index in [1.165, 1.54) is 0 Å². The minimum absolute atomic E-state index is 0.106. The number of amides is 3. The van der Waals surface area contributed by atoms with Crippen LogP contribution in [0.25, 0.3) is 0 Å². The lowest BCUT2D eigenvalue weighted by Gasteiger charge is -2.42. The highest BCUT2D eigenvalue weighted by molar-refractivity contribution is 6.26. The Morgan fingerprint density at radius 2 is 1.69 bits per heavy atom. The molecule has 3 aliphatic rings. The third-order valence-electron chi connectivity index (χ3n) is 6.03. The van der Waals surface area contributed by atoms with Gasteiger partial charge in [0.1, 0.15) is 17.9 Å². The van der Waals surface area contributed by atoms with Crippen LogP contribution in [0.4, 0.5) is 0 Å². The van der Waals surface area contributed by atoms with E-state index < -0.39 is 58.8 Å². The van der Waals surface area contributed by atoms with Crippen molar-refractivity contribution < 1.29 is 34.5 Å². The maximum Gasteiger partial charge on any atom is 0.322 e. The summed E-state index contributed by atoms with van der Waals surface area (Å²) in [6, 6.07) is -0.106. The van der Waals surface area contributed by atoms with Crippen LogP contribution in [-0.4, -0.2) is 57.5 Å². The molecule has 1 heterocycles. The highest BCUT2D eigenvalue weighted by atomic mass is 16.4. The number of carbonyl (C=O) groups excluding carboxylic acids is 3. The predicted molar refractivity (Wildman–Crippen MR) is 100 cm³/mol. The molecule has 0 spiro atoms. The summed E-state index contributed by atoms with van der Waals surface area (Å²) in [5, 5.41) is 35.2. The fourth-order valence-corrected chi connectivity index (χ4v) is 4.25. The zero-order valence-electron chi connectivity index (χ0n) is 15.9. The van der Waals surface area contributed by atoms with E-state index in [0.29, 0.717) is 12.8 Å². The fraction of sp³-hybridized carbons (Fsp3) is 0.632. The molecule has 0 saturated heterocycles. The van der Waals surface area contributed by atoms with E-state index in [0.717, 1.165) is 38.5 Å². The molecule has 158 valence electrons. The first-order valence-corrected chi connectivity index (χ1v) is 9.85. The van der Waals surface area contributed by atoms with Gasteiger partial charge in [-0.05, 0) is 38.0 Å². The second-order valence-electron chi connectivity index (χ2n) is 7.78. The number of carboxylic acid groups (broad SMARTS) is 1. The molecule has 1 atom stereocenters. The largest absolute Gasteiger partial charge is 0.510 e. The number of carboxylic acids is 1. The summed E-state index contributed by atoms with van der Waals surface area (Å²) in [6.07, 6.45) is 5.93. The average Bonchev–Trinajstić information content (AvgIpc) is 2.64. The highest BCUT2D eigenvalue weighted by Gasteiger charge is 2.59. The lowest BCUT2D eigenvalue weighted by atomic mass is 9.64. The number of aliphatic carboxylic acids is 1. The van der Waals surface area contributed by atoms with Crippen molar-refractivity contribution in [1.29, 1.82) is 0 Å². The van der Waals surface area contributed by atoms with Gasteiger partial charge in [-0.3, -0.25) is 19.2 Å². The molecule has 10 nitrogen and oxygen atoms in total. The smallest absolute Gasteiger partial charge is 0.322 e. The van der Waals surface area contributed by atoms with E-state index in [1.54, 1.807) is 0 Å². The van der Waals surface area contributed by atoms with Gasteiger partial charge in [-0.2, -0.15) is 4.99 Å². The van der Waals surface area contributed by atoms with Crippen LogP contribution in [0, 0.1) is 11.3 Å². The van der Waals surface area contributed by atoms with E-state index in [2.05, 4.69) is 10.3 Å². The monoisotopic (exact) mass is 407 g/mol. The Morgan fingerprint density at radius 3 is 2.24 bits per heavy atom. The molecule has 0 aromatic carbocycles. The van der Waals surface area contributed by atoms with Gasteiger partial charge in [-0.25, -0.2) is 0 Å². The lowest BCUT2D eigenvalue weighted by molar-refractivity contribution is -0.138. The average molecular weight is 407 g/mol. The lowest BCUT2D eigenvalue weighted by Crippen LogP contribution is -2.58. The van der Waals surface area contributed by atoms with Crippen LogP contribution in [0.2, 0.25) is 0 Å². The molecule has 0 radical (unpaired) electrons. The van der Waals surface area contributed by atoms with Crippen molar-refractivity contribution in [2.24, 2.45) is 16.3 Å². The molecule has 3 amide bonds. The van der Waals surface area contributed by atoms with Gasteiger partial charge in [0, 0.05) is 6.04 Å². The minimum atomic E-state index is -2.03. The molecular weight excluding hydrogens is 382 g/mol. The number of nitrogens with one attached hydrogen (secondary N) is 2. The van der Waals surface area contributed by atoms with Gasteiger partial charge in [0.25, 0.3) is 11.8 Å². The Morgan fingerprint density at radius 1 is 1.03 bits per heavy atom. The molecule has 0 aromatic heterocycles. The van der Waals surface area contributed by atoms with Crippen LogP contribution < -0.4 is 10.6 Å². The fourth-order valence-electron chi connectivity index (χ4n) is 4.25. The van der Waals surface area contributed by atoms with E-state index in [1.807, 2.05) is 5.32 Å². The van der Waals surface area contributed by atoms with Gasteiger partial charge in [-0.1, -0.05) is 19.3 Å². The number of aliphatic imine (C=N–C) groups is 1. The molecule has 3 rings (SSSR count). The number of carbonyl (C=O) groups is 4. The first kappa shape index (κ1) is 20.8. The molecule has 1 unspecified atom stereocenters. The summed E-state index contributed by atoms with van der Waals surface area (Å²) in [7, 11) is 0. The summed E-state index contributed by atoms with van der Waals surface area (Å²) < 4.78 is 0. The Labute approximate surface area is 167 Å². The number of hydrogen-bond donors (Lipinski definition) is 5. The number of hydrogen-bond acceptors (Lipinski definition) is 5. The molecule has 29 heavy (non-hydrogen) atoms. The summed E-state index contributed by atoms with van der Waals surface area (Å²) in [6.45, 7) is -0.775. The standard InChI is InChI=1S/C19H25N3O7/c23-12(24)9-20-15(26)13-14(25)19(18(29)22-16(13)27,10-5-2-1-3-6-10)17(28)21-11-7-4-8-11/h10-11,25H,1-9H2,(H,20,26)(H,21,28)(H,23,24)(H,22,27,29). The van der Waals surface area contributed by atoms with E-state index in [9.17, 15) is 29.4 Å². The molecule has 1 aliphatic heterocycles. The Hall–Kier alpha value is -2.91. The molecule has 2 aliphatic carbocycles. The first-order chi connectivity index (χ1) is 13.8. The van der Waals surface area contributed by atoms with Crippen LogP contribution >= 0.6 is 0 Å². The number of aliphatic hydroxyl groups is 2. The van der Waals surface area contributed by atoms with Crippen molar-refractivity contribution in [2.45, 2.75) is 57.4 Å². The Bertz CT molecular complexity index is 794. The number of aliphatic hydroxyl groups excluding tert-OH is 2. The van der Waals surface area contributed by atoms with Gasteiger partial charge >= 0.3 is 5.97 Å². The molecular formula is C19H25N3O7. The third-order valence-corrected chi connectivity index (χ3v) is 6.03. The molecule has 5 N–H and O–H groups in total. The highest BCUT2D eigenvalue weighted by Crippen LogP contribution is 2.47. The topological polar surface area (TPSA) is 165 Å². The summed E-state index contributed by atoms with van der Waals surface area (Å²) >= 11 is 0. The third kappa shape index (κ3) is 3.70. The summed E-state index contributed by atoms with van der Waals surface area (Å²) in [4.78, 5) is 52.2. The van der Waals surface area contributed by atoms with Crippen LogP contribution in [-0.2, 0) is 19.2 Å². The molecule has 2 fully saturated rings. The SMILES string of the molecule is O=C(O)CNC(=O)C1=C(O)C(C(=O)NC2CCC2)(C2CCCCC2)C(O)=NC1=O.